The molecule has 1 aliphatic carbocycles. The average molecular weight is 395 g/mol. The molecule has 2 saturated heterocycles. The number of hydrogen-bond donors (Lipinski definition) is 1. The van der Waals surface area contributed by atoms with Crippen LogP contribution in [0, 0.1) is 11.8 Å². The molecule has 3 atom stereocenters. The van der Waals surface area contributed by atoms with E-state index in [0.29, 0.717) is 38.6 Å². The largest absolute Gasteiger partial charge is 0.378 e. The van der Waals surface area contributed by atoms with Crippen LogP contribution in [0.5, 0.6) is 0 Å². The third kappa shape index (κ3) is 4.92. The van der Waals surface area contributed by atoms with E-state index in [-0.39, 0.29) is 36.7 Å². The number of rotatable bonds is 6. The molecule has 0 unspecified atom stereocenters. The van der Waals surface area contributed by atoms with E-state index in [0.717, 1.165) is 12.8 Å². The highest BCUT2D eigenvalue weighted by molar-refractivity contribution is 5.96. The molecule has 0 spiro atoms. The number of carbonyl (C=O) groups excluding carboxylic acids is 3. The zero-order valence-corrected chi connectivity index (χ0v) is 17.2. The summed E-state index contributed by atoms with van der Waals surface area (Å²) < 4.78 is 10.8. The van der Waals surface area contributed by atoms with Gasteiger partial charge in [-0.25, -0.2) is 0 Å². The van der Waals surface area contributed by atoms with Gasteiger partial charge in [0.1, 0.15) is 12.1 Å². The summed E-state index contributed by atoms with van der Waals surface area (Å²) in [6.45, 7) is 5.82. The lowest BCUT2D eigenvalue weighted by atomic mass is 9.81. The lowest BCUT2D eigenvalue weighted by molar-refractivity contribution is -0.141. The van der Waals surface area contributed by atoms with Crippen LogP contribution in [0.1, 0.15) is 58.8 Å². The van der Waals surface area contributed by atoms with Gasteiger partial charge in [-0.15, -0.1) is 0 Å². The van der Waals surface area contributed by atoms with E-state index in [4.69, 9.17) is 9.47 Å². The first-order valence-corrected chi connectivity index (χ1v) is 10.7. The van der Waals surface area contributed by atoms with Crippen LogP contribution in [0.4, 0.5) is 0 Å². The minimum Gasteiger partial charge on any atom is -0.378 e. The van der Waals surface area contributed by atoms with Crippen LogP contribution < -0.4 is 5.32 Å². The molecule has 0 aromatic carbocycles. The minimum atomic E-state index is -1.01. The quantitative estimate of drug-likeness (QED) is 0.741. The van der Waals surface area contributed by atoms with Crippen molar-refractivity contribution >= 4 is 17.6 Å². The average Bonchev–Trinajstić information content (AvgIpc) is 2.96. The summed E-state index contributed by atoms with van der Waals surface area (Å²) in [7, 11) is 0. The molecular weight excluding hydrogens is 360 g/mol. The number of Topliss-reactive ketones (excluding diaryl/α,β-unsaturated/α-hetero) is 1. The second-order valence-corrected chi connectivity index (χ2v) is 8.70. The van der Waals surface area contributed by atoms with E-state index < -0.39 is 11.5 Å². The van der Waals surface area contributed by atoms with Gasteiger partial charge >= 0.3 is 0 Å². The van der Waals surface area contributed by atoms with Gasteiger partial charge in [0.25, 0.3) is 0 Å². The van der Waals surface area contributed by atoms with Crippen LogP contribution in [-0.4, -0.2) is 67.1 Å². The Bertz CT molecular complexity index is 583. The van der Waals surface area contributed by atoms with Crippen molar-refractivity contribution in [3.05, 3.63) is 0 Å². The van der Waals surface area contributed by atoms with Gasteiger partial charge in [-0.3, -0.25) is 14.4 Å². The number of nitrogens with zero attached hydrogens (tertiary/aromatic N) is 1. The van der Waals surface area contributed by atoms with E-state index in [9.17, 15) is 14.4 Å². The maximum absolute atomic E-state index is 13.2. The normalized spacial score (nSPS) is 30.3. The molecule has 2 amide bonds. The topological polar surface area (TPSA) is 84.9 Å². The number of hydrogen-bond acceptors (Lipinski definition) is 5. The first-order chi connectivity index (χ1) is 13.4. The molecule has 7 nitrogen and oxygen atoms in total. The van der Waals surface area contributed by atoms with Crippen molar-refractivity contribution in [3.63, 3.8) is 0 Å². The fourth-order valence-electron chi connectivity index (χ4n) is 4.53. The molecule has 3 aliphatic rings. The number of ether oxygens (including phenoxy) is 2. The Morgan fingerprint density at radius 1 is 1.21 bits per heavy atom. The zero-order valence-electron chi connectivity index (χ0n) is 17.2. The molecule has 0 aromatic heterocycles. The molecule has 0 aromatic rings. The SMILES string of the molecule is C[C@H]1OCC(=O)[C@]1(C)NC(=O)[C@@H](CC(=O)N1CCOCC1)CC1CCCCC1. The van der Waals surface area contributed by atoms with Gasteiger partial charge < -0.3 is 19.7 Å². The summed E-state index contributed by atoms with van der Waals surface area (Å²) in [6.07, 6.45) is 6.41. The number of amides is 2. The monoisotopic (exact) mass is 394 g/mol. The van der Waals surface area contributed by atoms with E-state index >= 15 is 0 Å². The summed E-state index contributed by atoms with van der Waals surface area (Å²) in [5.41, 5.74) is -1.01. The first-order valence-electron chi connectivity index (χ1n) is 10.7. The summed E-state index contributed by atoms with van der Waals surface area (Å²) >= 11 is 0. The number of carbonyl (C=O) groups is 3. The highest BCUT2D eigenvalue weighted by atomic mass is 16.5. The number of ketones is 1. The van der Waals surface area contributed by atoms with Crippen molar-refractivity contribution in [2.45, 2.75) is 70.4 Å². The number of morpholine rings is 1. The zero-order chi connectivity index (χ0) is 20.1. The second-order valence-electron chi connectivity index (χ2n) is 8.70. The van der Waals surface area contributed by atoms with E-state index in [2.05, 4.69) is 5.32 Å². The smallest absolute Gasteiger partial charge is 0.224 e. The van der Waals surface area contributed by atoms with Gasteiger partial charge in [0, 0.05) is 25.4 Å². The number of nitrogens with one attached hydrogen (secondary N) is 1. The van der Waals surface area contributed by atoms with Gasteiger partial charge in [-0.2, -0.15) is 0 Å². The highest BCUT2D eigenvalue weighted by Crippen LogP contribution is 2.31. The summed E-state index contributed by atoms with van der Waals surface area (Å²) in [5, 5.41) is 2.94. The summed E-state index contributed by atoms with van der Waals surface area (Å²) in [4.78, 5) is 40.1. The summed E-state index contributed by atoms with van der Waals surface area (Å²) in [6, 6.07) is 0. The van der Waals surface area contributed by atoms with Gasteiger partial charge in [0.05, 0.1) is 19.3 Å². The minimum absolute atomic E-state index is 0.00598. The fraction of sp³-hybridized carbons (Fsp3) is 0.857. The van der Waals surface area contributed by atoms with Gasteiger partial charge in [-0.1, -0.05) is 32.1 Å². The van der Waals surface area contributed by atoms with Gasteiger partial charge in [0.15, 0.2) is 5.78 Å². The van der Waals surface area contributed by atoms with Gasteiger partial charge in [-0.05, 0) is 26.2 Å². The third-order valence-corrected chi connectivity index (χ3v) is 6.74. The second kappa shape index (κ2) is 9.35. The van der Waals surface area contributed by atoms with Crippen LogP contribution in [0.3, 0.4) is 0 Å². The maximum Gasteiger partial charge on any atom is 0.224 e. The van der Waals surface area contributed by atoms with Crippen LogP contribution in [0.25, 0.3) is 0 Å². The Balaban J connectivity index is 1.67. The predicted molar refractivity (Wildman–Crippen MR) is 104 cm³/mol. The molecule has 0 radical (unpaired) electrons. The molecule has 28 heavy (non-hydrogen) atoms. The Hall–Kier alpha value is -1.47. The van der Waals surface area contributed by atoms with Crippen molar-refractivity contribution in [1.29, 1.82) is 0 Å². The Morgan fingerprint density at radius 3 is 2.50 bits per heavy atom. The highest BCUT2D eigenvalue weighted by Gasteiger charge is 2.47. The van der Waals surface area contributed by atoms with Crippen LogP contribution >= 0.6 is 0 Å². The van der Waals surface area contributed by atoms with Crippen molar-refractivity contribution < 1.29 is 23.9 Å². The predicted octanol–water partition coefficient (Wildman–Crippen LogP) is 1.68. The lowest BCUT2D eigenvalue weighted by Crippen LogP contribution is -2.57. The molecule has 3 rings (SSSR count). The van der Waals surface area contributed by atoms with E-state index in [1.54, 1.807) is 18.7 Å². The standard InChI is InChI=1S/C21H34N2O5/c1-15-21(2,18(24)14-28-15)22-20(26)17(12-16-6-4-3-5-7-16)13-19(25)23-8-10-27-11-9-23/h15-17H,3-14H2,1-2H3,(H,22,26)/t15-,17-,21-/m1/s1. The van der Waals surface area contributed by atoms with Crippen molar-refractivity contribution in [2.24, 2.45) is 11.8 Å². The van der Waals surface area contributed by atoms with Crippen molar-refractivity contribution in [3.8, 4) is 0 Å². The van der Waals surface area contributed by atoms with Gasteiger partial charge in [0.2, 0.25) is 11.8 Å². The third-order valence-electron chi connectivity index (χ3n) is 6.74. The molecule has 0 bridgehead atoms. The fourth-order valence-corrected chi connectivity index (χ4v) is 4.53. The molecule has 2 aliphatic heterocycles. The molecule has 3 fully saturated rings. The molecular formula is C21H34N2O5. The molecule has 2 heterocycles. The Labute approximate surface area is 167 Å². The molecule has 1 N–H and O–H groups in total. The Kier molecular flexibility index (Phi) is 7.10. The molecule has 7 heteroatoms. The molecule has 158 valence electrons. The summed E-state index contributed by atoms with van der Waals surface area (Å²) in [5.74, 6) is -0.227. The van der Waals surface area contributed by atoms with Crippen LogP contribution in [-0.2, 0) is 23.9 Å². The van der Waals surface area contributed by atoms with E-state index in [1.165, 1.54) is 19.3 Å². The maximum atomic E-state index is 13.2. The van der Waals surface area contributed by atoms with Crippen molar-refractivity contribution in [1.82, 2.24) is 10.2 Å². The van der Waals surface area contributed by atoms with E-state index in [1.807, 2.05) is 0 Å². The molecule has 1 saturated carbocycles. The van der Waals surface area contributed by atoms with Crippen LogP contribution in [0.15, 0.2) is 0 Å². The Morgan fingerprint density at radius 2 is 1.89 bits per heavy atom. The lowest BCUT2D eigenvalue weighted by Gasteiger charge is -2.33. The van der Waals surface area contributed by atoms with Crippen molar-refractivity contribution in [2.75, 3.05) is 32.9 Å². The van der Waals surface area contributed by atoms with Crippen LogP contribution in [0.2, 0.25) is 0 Å². The first kappa shape index (κ1) is 21.2.